The molecule has 2 heterocycles. The molecule has 0 saturated carbocycles. The lowest BCUT2D eigenvalue weighted by Gasteiger charge is -2.24. The van der Waals surface area contributed by atoms with Gasteiger partial charge in [-0.15, -0.1) is 0 Å². The summed E-state index contributed by atoms with van der Waals surface area (Å²) in [5.41, 5.74) is 0.747. The second kappa shape index (κ2) is 11.8. The largest absolute Gasteiger partial charge is 0.491 e. The normalized spacial score (nSPS) is 18.4. The fourth-order valence-electron chi connectivity index (χ4n) is 4.78. The number of fused-ring (bicyclic) bond motifs is 1. The van der Waals surface area contributed by atoms with Crippen molar-refractivity contribution in [3.8, 4) is 5.75 Å². The van der Waals surface area contributed by atoms with Crippen LogP contribution in [-0.4, -0.2) is 65.5 Å². The molecule has 9 nitrogen and oxygen atoms in total. The van der Waals surface area contributed by atoms with E-state index in [1.807, 2.05) is 13.8 Å². The average Bonchev–Trinajstić information content (AvgIpc) is 3.43. The summed E-state index contributed by atoms with van der Waals surface area (Å²) in [6, 6.07) is 9.52. The number of aromatic nitrogens is 2. The van der Waals surface area contributed by atoms with E-state index in [-0.39, 0.29) is 30.6 Å². The van der Waals surface area contributed by atoms with Gasteiger partial charge >= 0.3 is 5.97 Å². The number of halogens is 1. The minimum atomic E-state index is -3.90. The highest BCUT2D eigenvalue weighted by atomic mass is 32.2. The van der Waals surface area contributed by atoms with Crippen LogP contribution in [0, 0.1) is 5.82 Å². The lowest BCUT2D eigenvalue weighted by molar-refractivity contribution is -0.136. The van der Waals surface area contributed by atoms with Crippen LogP contribution in [0.15, 0.2) is 47.4 Å². The molecule has 3 aromatic rings. The van der Waals surface area contributed by atoms with Gasteiger partial charge in [0.05, 0.1) is 47.3 Å². The lowest BCUT2D eigenvalue weighted by Crippen LogP contribution is -2.38. The highest BCUT2D eigenvalue weighted by Gasteiger charge is 2.42. The summed E-state index contributed by atoms with van der Waals surface area (Å²) in [6.07, 6.45) is 1.85. The van der Waals surface area contributed by atoms with Crippen LogP contribution >= 0.6 is 0 Å². The zero-order valence-electron chi connectivity index (χ0n) is 21.8. The van der Waals surface area contributed by atoms with E-state index in [9.17, 15) is 22.7 Å². The Bertz CT molecular complexity index is 1370. The number of hydrogen-bond acceptors (Lipinski definition) is 6. The van der Waals surface area contributed by atoms with Crippen molar-refractivity contribution in [1.82, 2.24) is 14.1 Å². The van der Waals surface area contributed by atoms with Crippen LogP contribution in [0.4, 0.5) is 4.39 Å². The fraction of sp³-hybridized carbons (Fsp3) is 0.481. The summed E-state index contributed by atoms with van der Waals surface area (Å²) in [7, 11) is -3.90. The van der Waals surface area contributed by atoms with Gasteiger partial charge in [0, 0.05) is 18.5 Å². The first kappa shape index (κ1) is 28.0. The maximum Gasteiger partial charge on any atom is 0.309 e. The predicted molar refractivity (Wildman–Crippen MR) is 140 cm³/mol. The molecule has 0 spiro atoms. The Morgan fingerprint density at radius 2 is 1.95 bits per heavy atom. The topological polar surface area (TPSA) is 111 Å². The smallest absolute Gasteiger partial charge is 0.309 e. The predicted octanol–water partition coefficient (Wildman–Crippen LogP) is 4.41. The molecular formula is C27H34FN3O6S. The van der Waals surface area contributed by atoms with Crippen molar-refractivity contribution in [2.45, 2.75) is 69.5 Å². The van der Waals surface area contributed by atoms with E-state index in [0.717, 1.165) is 12.8 Å². The molecule has 206 valence electrons. The first-order chi connectivity index (χ1) is 18.1. The van der Waals surface area contributed by atoms with E-state index in [2.05, 4.69) is 12.0 Å². The zero-order chi connectivity index (χ0) is 27.4. The van der Waals surface area contributed by atoms with Gasteiger partial charge in [0.15, 0.2) is 0 Å². The molecule has 1 aromatic heterocycles. The number of sulfonamides is 1. The highest BCUT2D eigenvalue weighted by molar-refractivity contribution is 7.89. The Hall–Kier alpha value is -3.02. The molecule has 0 unspecified atom stereocenters. The highest BCUT2D eigenvalue weighted by Crippen LogP contribution is 2.35. The molecule has 0 radical (unpaired) electrons. The van der Waals surface area contributed by atoms with Crippen LogP contribution < -0.4 is 4.74 Å². The molecule has 38 heavy (non-hydrogen) atoms. The summed E-state index contributed by atoms with van der Waals surface area (Å²) >= 11 is 0. The Balaban J connectivity index is 1.67. The maximum absolute atomic E-state index is 14.2. The van der Waals surface area contributed by atoms with Crippen LogP contribution in [0.2, 0.25) is 0 Å². The van der Waals surface area contributed by atoms with Crippen LogP contribution in [0.5, 0.6) is 5.75 Å². The molecule has 0 aliphatic carbocycles. The van der Waals surface area contributed by atoms with Gasteiger partial charge in [-0.2, -0.15) is 9.40 Å². The van der Waals surface area contributed by atoms with Gasteiger partial charge < -0.3 is 14.6 Å². The van der Waals surface area contributed by atoms with E-state index in [0.29, 0.717) is 35.4 Å². The number of carbonyl (C=O) groups is 1. The summed E-state index contributed by atoms with van der Waals surface area (Å²) in [5, 5.41) is 14.4. The first-order valence-corrected chi connectivity index (χ1v) is 14.3. The van der Waals surface area contributed by atoms with Gasteiger partial charge in [-0.1, -0.05) is 13.3 Å². The standard InChI is InChI=1S/C27H34FN3O6S/c1-4-5-12-36-17-21-14-20(31-26-13-19(28)6-11-24(26)25(29-31)15-27(32)33)16-30(21)38(34,35)23-9-7-22(8-10-23)37-18(2)3/h6-11,13,18,20-21H,4-5,12,14-17H2,1-3H3,(H,32,33)/t20-,21-/m1/s1. The van der Waals surface area contributed by atoms with Crippen LogP contribution in [0.3, 0.4) is 0 Å². The second-order valence-corrected chi connectivity index (χ2v) is 11.7. The Morgan fingerprint density at radius 3 is 2.61 bits per heavy atom. The molecule has 11 heteroatoms. The number of nitrogens with zero attached hydrogens (tertiary/aromatic N) is 3. The van der Waals surface area contributed by atoms with Crippen LogP contribution in [-0.2, 0) is 26.0 Å². The van der Waals surface area contributed by atoms with Crippen molar-refractivity contribution in [2.75, 3.05) is 19.8 Å². The summed E-state index contributed by atoms with van der Waals surface area (Å²) in [6.45, 7) is 6.66. The monoisotopic (exact) mass is 547 g/mol. The summed E-state index contributed by atoms with van der Waals surface area (Å²) < 4.78 is 56.2. The number of carboxylic acid groups (broad SMARTS) is 1. The van der Waals surface area contributed by atoms with Crippen molar-refractivity contribution in [1.29, 1.82) is 0 Å². The van der Waals surface area contributed by atoms with Crippen LogP contribution in [0.1, 0.15) is 51.8 Å². The van der Waals surface area contributed by atoms with Gasteiger partial charge in [0.25, 0.3) is 0 Å². The number of rotatable bonds is 12. The van der Waals surface area contributed by atoms with Crippen LogP contribution in [0.25, 0.3) is 10.9 Å². The van der Waals surface area contributed by atoms with E-state index in [4.69, 9.17) is 9.47 Å². The third-order valence-corrected chi connectivity index (χ3v) is 8.44. The first-order valence-electron chi connectivity index (χ1n) is 12.8. The maximum atomic E-state index is 14.2. The lowest BCUT2D eigenvalue weighted by atomic mass is 10.1. The van der Waals surface area contributed by atoms with Crippen molar-refractivity contribution in [3.05, 3.63) is 54.0 Å². The summed E-state index contributed by atoms with van der Waals surface area (Å²) in [5.74, 6) is -0.955. The zero-order valence-corrected chi connectivity index (χ0v) is 22.7. The van der Waals surface area contributed by atoms with Gasteiger partial charge in [0.2, 0.25) is 10.0 Å². The van der Waals surface area contributed by atoms with Gasteiger partial charge in [-0.05, 0) is 69.2 Å². The number of unbranched alkanes of at least 4 members (excludes halogenated alkanes) is 1. The van der Waals surface area contributed by atoms with Crippen molar-refractivity contribution in [3.63, 3.8) is 0 Å². The number of ether oxygens (including phenoxy) is 2. The van der Waals surface area contributed by atoms with Crippen molar-refractivity contribution >= 4 is 26.9 Å². The molecule has 1 aliphatic rings. The number of carboxylic acids is 1. The molecule has 1 saturated heterocycles. The molecule has 1 aliphatic heterocycles. The van der Waals surface area contributed by atoms with E-state index in [1.54, 1.807) is 16.8 Å². The number of benzene rings is 2. The van der Waals surface area contributed by atoms with Crippen molar-refractivity contribution < 1.29 is 32.2 Å². The number of hydrogen-bond donors (Lipinski definition) is 1. The molecule has 2 atom stereocenters. The second-order valence-electron chi connectivity index (χ2n) is 9.81. The molecule has 4 rings (SSSR count). The number of aliphatic carboxylic acids is 1. The van der Waals surface area contributed by atoms with E-state index in [1.165, 1.54) is 34.6 Å². The van der Waals surface area contributed by atoms with Crippen molar-refractivity contribution in [2.24, 2.45) is 0 Å². The van der Waals surface area contributed by atoms with E-state index >= 15 is 0 Å². The minimum absolute atomic E-state index is 0.0406. The van der Waals surface area contributed by atoms with Gasteiger partial charge in [0.1, 0.15) is 11.6 Å². The average molecular weight is 548 g/mol. The molecular weight excluding hydrogens is 513 g/mol. The van der Waals surface area contributed by atoms with Gasteiger partial charge in [-0.25, -0.2) is 12.8 Å². The molecule has 2 aromatic carbocycles. The minimum Gasteiger partial charge on any atom is -0.491 e. The Morgan fingerprint density at radius 1 is 1.21 bits per heavy atom. The molecule has 1 N–H and O–H groups in total. The Labute approximate surface area is 222 Å². The summed E-state index contributed by atoms with van der Waals surface area (Å²) in [4.78, 5) is 11.6. The molecule has 0 bridgehead atoms. The van der Waals surface area contributed by atoms with Gasteiger partial charge in [-0.3, -0.25) is 9.48 Å². The molecule has 0 amide bonds. The Kier molecular flexibility index (Phi) is 8.69. The SMILES string of the molecule is CCCCOC[C@H]1C[C@@H](n2nc(CC(=O)O)c3ccc(F)cc32)CN1S(=O)(=O)c1ccc(OC(C)C)cc1. The fourth-order valence-corrected chi connectivity index (χ4v) is 6.44. The molecule has 1 fully saturated rings. The quantitative estimate of drug-likeness (QED) is 0.334. The third kappa shape index (κ3) is 6.16. The van der Waals surface area contributed by atoms with E-state index < -0.39 is 33.9 Å². The third-order valence-electron chi connectivity index (χ3n) is 6.51.